The number of hydrogen-bond acceptors (Lipinski definition) is 4. The summed E-state index contributed by atoms with van der Waals surface area (Å²) >= 11 is 0. The van der Waals surface area contributed by atoms with E-state index in [1.807, 2.05) is 19.1 Å². The highest BCUT2D eigenvalue weighted by molar-refractivity contribution is 5.76. The van der Waals surface area contributed by atoms with Crippen LogP contribution in [-0.4, -0.2) is 29.4 Å². The van der Waals surface area contributed by atoms with Gasteiger partial charge >= 0.3 is 0 Å². The molecule has 4 N–H and O–H groups in total. The van der Waals surface area contributed by atoms with E-state index in [9.17, 15) is 4.79 Å². The first-order valence-electron chi connectivity index (χ1n) is 6.92. The fraction of sp³-hybridized carbons (Fsp3) is 0.643. The fourth-order valence-electron chi connectivity index (χ4n) is 3.05. The highest BCUT2D eigenvalue weighted by Crippen LogP contribution is 2.32. The van der Waals surface area contributed by atoms with Crippen molar-refractivity contribution in [2.75, 3.05) is 6.54 Å². The van der Waals surface area contributed by atoms with Crippen LogP contribution in [0.4, 0.5) is 0 Å². The molecule has 1 heterocycles. The van der Waals surface area contributed by atoms with Crippen molar-refractivity contribution in [2.24, 2.45) is 11.5 Å². The van der Waals surface area contributed by atoms with E-state index in [-0.39, 0.29) is 24.5 Å². The maximum absolute atomic E-state index is 11.4. The van der Waals surface area contributed by atoms with Gasteiger partial charge in [0.25, 0.3) is 0 Å². The predicted molar refractivity (Wildman–Crippen MR) is 73.3 cm³/mol. The number of nitrogens with zero attached hydrogens (tertiary/aromatic N) is 1. The number of rotatable bonds is 6. The van der Waals surface area contributed by atoms with Crippen LogP contribution in [0.3, 0.4) is 0 Å². The van der Waals surface area contributed by atoms with Crippen LogP contribution in [0.15, 0.2) is 22.8 Å². The van der Waals surface area contributed by atoms with Gasteiger partial charge in [0.2, 0.25) is 5.91 Å². The summed E-state index contributed by atoms with van der Waals surface area (Å²) in [4.78, 5) is 13.5. The fourth-order valence-corrected chi connectivity index (χ4v) is 3.05. The van der Waals surface area contributed by atoms with E-state index in [1.165, 1.54) is 12.8 Å². The summed E-state index contributed by atoms with van der Waals surface area (Å²) in [7, 11) is 0. The van der Waals surface area contributed by atoms with Crippen LogP contribution in [-0.2, 0) is 4.79 Å². The third kappa shape index (κ3) is 3.36. The van der Waals surface area contributed by atoms with Crippen LogP contribution in [0.5, 0.6) is 0 Å². The van der Waals surface area contributed by atoms with E-state index in [1.54, 1.807) is 6.26 Å². The molecule has 1 aliphatic rings. The average molecular weight is 265 g/mol. The lowest BCUT2D eigenvalue weighted by Crippen LogP contribution is -2.47. The zero-order chi connectivity index (χ0) is 13.8. The van der Waals surface area contributed by atoms with Gasteiger partial charge < -0.3 is 15.9 Å². The highest BCUT2D eigenvalue weighted by Gasteiger charge is 2.34. The van der Waals surface area contributed by atoms with Crippen LogP contribution in [0.25, 0.3) is 0 Å². The number of nitrogens with two attached hydrogens (primary N) is 2. The van der Waals surface area contributed by atoms with Crippen molar-refractivity contribution >= 4 is 5.91 Å². The molecule has 1 aliphatic carbocycles. The summed E-state index contributed by atoms with van der Waals surface area (Å²) in [5.41, 5.74) is 11.5. The molecule has 0 aliphatic heterocycles. The lowest BCUT2D eigenvalue weighted by molar-refractivity contribution is -0.120. The van der Waals surface area contributed by atoms with Gasteiger partial charge in [0.15, 0.2) is 0 Å². The number of carbonyl (C=O) groups excluding carboxylic acids is 1. The molecule has 2 unspecified atom stereocenters. The Kier molecular flexibility index (Phi) is 4.61. The van der Waals surface area contributed by atoms with Crippen LogP contribution >= 0.6 is 0 Å². The molecule has 1 amide bonds. The Bertz CT molecular complexity index is 397. The molecule has 0 spiro atoms. The maximum Gasteiger partial charge on any atom is 0.231 e. The first-order chi connectivity index (χ1) is 9.09. The maximum atomic E-state index is 11.4. The van der Waals surface area contributed by atoms with Gasteiger partial charge in [-0.2, -0.15) is 0 Å². The van der Waals surface area contributed by atoms with Gasteiger partial charge in [-0.25, -0.2) is 0 Å². The minimum Gasteiger partial charge on any atom is -0.468 e. The van der Waals surface area contributed by atoms with Crippen LogP contribution < -0.4 is 11.5 Å². The third-order valence-electron chi connectivity index (χ3n) is 3.82. The van der Waals surface area contributed by atoms with Crippen molar-refractivity contribution < 1.29 is 9.21 Å². The molecule has 0 saturated heterocycles. The van der Waals surface area contributed by atoms with Crippen molar-refractivity contribution in [3.8, 4) is 0 Å². The number of furan rings is 1. The Balaban J connectivity index is 2.24. The molecule has 1 aromatic rings. The van der Waals surface area contributed by atoms with Crippen LogP contribution in [0, 0.1) is 0 Å². The Labute approximate surface area is 113 Å². The summed E-state index contributed by atoms with van der Waals surface area (Å²) in [6.45, 7) is 2.17. The number of hydrogen-bond donors (Lipinski definition) is 2. The molecule has 5 heteroatoms. The molecule has 0 aromatic carbocycles. The molecule has 1 fully saturated rings. The van der Waals surface area contributed by atoms with E-state index in [4.69, 9.17) is 15.9 Å². The SMILES string of the molecule is CC(N)C(c1ccco1)N(CC(N)=O)C1CCCC1. The highest BCUT2D eigenvalue weighted by atomic mass is 16.3. The molecule has 5 nitrogen and oxygen atoms in total. The van der Waals surface area contributed by atoms with Crippen LogP contribution in [0.2, 0.25) is 0 Å². The summed E-state index contributed by atoms with van der Waals surface area (Å²) in [5, 5.41) is 0. The minimum atomic E-state index is -0.316. The second kappa shape index (κ2) is 6.21. The quantitative estimate of drug-likeness (QED) is 0.814. The van der Waals surface area contributed by atoms with Gasteiger partial charge in [-0.05, 0) is 31.9 Å². The van der Waals surface area contributed by atoms with E-state index >= 15 is 0 Å². The molecule has 2 atom stereocenters. The smallest absolute Gasteiger partial charge is 0.231 e. The topological polar surface area (TPSA) is 85.5 Å². The van der Waals surface area contributed by atoms with Crippen molar-refractivity contribution in [1.82, 2.24) is 4.90 Å². The van der Waals surface area contributed by atoms with Crippen molar-refractivity contribution in [3.63, 3.8) is 0 Å². The second-order valence-electron chi connectivity index (χ2n) is 5.40. The Morgan fingerprint density at radius 3 is 2.68 bits per heavy atom. The van der Waals surface area contributed by atoms with Crippen LogP contribution in [0.1, 0.15) is 44.4 Å². The van der Waals surface area contributed by atoms with Gasteiger partial charge in [-0.3, -0.25) is 9.69 Å². The van der Waals surface area contributed by atoms with Gasteiger partial charge in [-0.1, -0.05) is 12.8 Å². The number of carbonyl (C=O) groups is 1. The standard InChI is InChI=1S/C14H23N3O2/c1-10(15)14(12-7-4-8-19-12)17(9-13(16)18)11-5-2-3-6-11/h4,7-8,10-11,14H,2-3,5-6,9,15H2,1H3,(H2,16,18). The molecule has 1 aromatic heterocycles. The third-order valence-corrected chi connectivity index (χ3v) is 3.82. The molecule has 0 radical (unpaired) electrons. The van der Waals surface area contributed by atoms with Crippen molar-refractivity contribution in [2.45, 2.75) is 50.7 Å². The van der Waals surface area contributed by atoms with Gasteiger partial charge in [0.05, 0.1) is 18.8 Å². The Hall–Kier alpha value is -1.33. The summed E-state index contributed by atoms with van der Waals surface area (Å²) < 4.78 is 5.51. The first-order valence-corrected chi connectivity index (χ1v) is 6.92. The van der Waals surface area contributed by atoms with E-state index in [0.29, 0.717) is 6.04 Å². The van der Waals surface area contributed by atoms with Crippen molar-refractivity contribution in [3.05, 3.63) is 24.2 Å². The van der Waals surface area contributed by atoms with E-state index in [2.05, 4.69) is 4.90 Å². The van der Waals surface area contributed by atoms with Gasteiger partial charge in [-0.15, -0.1) is 0 Å². The molecule has 0 bridgehead atoms. The lowest BCUT2D eigenvalue weighted by Gasteiger charge is -2.36. The molecular formula is C14H23N3O2. The molecular weight excluding hydrogens is 242 g/mol. The zero-order valence-corrected chi connectivity index (χ0v) is 11.4. The number of primary amides is 1. The predicted octanol–water partition coefficient (Wildman–Crippen LogP) is 1.40. The molecule has 19 heavy (non-hydrogen) atoms. The molecule has 2 rings (SSSR count). The Morgan fingerprint density at radius 1 is 1.53 bits per heavy atom. The molecule has 1 saturated carbocycles. The lowest BCUT2D eigenvalue weighted by atomic mass is 10.0. The monoisotopic (exact) mass is 265 g/mol. The number of amides is 1. The first kappa shape index (κ1) is 14.1. The summed E-state index contributed by atoms with van der Waals surface area (Å²) in [6, 6.07) is 3.92. The van der Waals surface area contributed by atoms with E-state index in [0.717, 1.165) is 18.6 Å². The normalized spacial score (nSPS) is 19.7. The van der Waals surface area contributed by atoms with Gasteiger partial charge in [0.1, 0.15) is 5.76 Å². The second-order valence-corrected chi connectivity index (χ2v) is 5.40. The summed E-state index contributed by atoms with van der Waals surface area (Å²) in [6.07, 6.45) is 6.23. The summed E-state index contributed by atoms with van der Waals surface area (Å²) in [5.74, 6) is 0.493. The van der Waals surface area contributed by atoms with Gasteiger partial charge in [0, 0.05) is 12.1 Å². The Morgan fingerprint density at radius 2 is 2.21 bits per heavy atom. The largest absolute Gasteiger partial charge is 0.468 e. The minimum absolute atomic E-state index is 0.0920. The van der Waals surface area contributed by atoms with E-state index < -0.39 is 0 Å². The zero-order valence-electron chi connectivity index (χ0n) is 11.4. The average Bonchev–Trinajstić information content (AvgIpc) is 3.00. The molecule has 106 valence electrons. The van der Waals surface area contributed by atoms with Crippen molar-refractivity contribution in [1.29, 1.82) is 0 Å².